The van der Waals surface area contributed by atoms with E-state index in [9.17, 15) is 14.4 Å². The zero-order valence-corrected chi connectivity index (χ0v) is 15.7. The van der Waals surface area contributed by atoms with Gasteiger partial charge < -0.3 is 9.47 Å². The number of benzene rings is 1. The molecule has 0 aliphatic rings. The van der Waals surface area contributed by atoms with Crippen LogP contribution in [0.3, 0.4) is 0 Å². The molecule has 0 saturated carbocycles. The Morgan fingerprint density at radius 3 is 1.96 bits per heavy atom. The van der Waals surface area contributed by atoms with Crippen molar-refractivity contribution in [2.75, 3.05) is 0 Å². The number of carbonyl (C=O) groups excluding carboxylic acids is 3. The summed E-state index contributed by atoms with van der Waals surface area (Å²) in [6.07, 6.45) is -2.52. The SMILES string of the molecule is CC(C)OC(=O)NN(C(=O)OC(C)C)[C@@H](C)C(=O)c1ccc(Cl)cc1. The van der Waals surface area contributed by atoms with Crippen LogP contribution in [0.5, 0.6) is 0 Å². The lowest BCUT2D eigenvalue weighted by molar-refractivity contribution is 0.0326. The highest BCUT2D eigenvalue weighted by molar-refractivity contribution is 6.30. The molecule has 7 nitrogen and oxygen atoms in total. The van der Waals surface area contributed by atoms with Crippen LogP contribution in [-0.2, 0) is 9.47 Å². The fourth-order valence-corrected chi connectivity index (χ4v) is 2.00. The largest absolute Gasteiger partial charge is 0.446 e. The van der Waals surface area contributed by atoms with Gasteiger partial charge in [0.25, 0.3) is 0 Å². The standard InChI is InChI=1S/C17H23ClN2O5/c1-10(2)24-16(22)19-20(17(23)25-11(3)4)12(5)15(21)13-6-8-14(18)9-7-13/h6-12H,1-5H3,(H,19,22)/t12-/m0/s1. The molecule has 0 aromatic heterocycles. The number of Topliss-reactive ketones (excluding diaryl/α,β-unsaturated/α-hetero) is 1. The maximum Gasteiger partial charge on any atom is 0.429 e. The van der Waals surface area contributed by atoms with E-state index in [1.807, 2.05) is 0 Å². The summed E-state index contributed by atoms with van der Waals surface area (Å²) in [5, 5.41) is 1.31. The molecule has 0 bridgehead atoms. The van der Waals surface area contributed by atoms with E-state index in [0.717, 1.165) is 5.01 Å². The monoisotopic (exact) mass is 370 g/mol. The minimum Gasteiger partial charge on any atom is -0.446 e. The molecule has 0 fully saturated rings. The summed E-state index contributed by atoms with van der Waals surface area (Å²) in [6, 6.07) is 5.21. The summed E-state index contributed by atoms with van der Waals surface area (Å²) in [7, 11) is 0. The van der Waals surface area contributed by atoms with Crippen molar-refractivity contribution in [3.05, 3.63) is 34.9 Å². The summed E-state index contributed by atoms with van der Waals surface area (Å²) < 4.78 is 10.0. The van der Waals surface area contributed by atoms with Crippen LogP contribution in [0.2, 0.25) is 5.02 Å². The maximum atomic E-state index is 12.6. The van der Waals surface area contributed by atoms with Crippen molar-refractivity contribution in [3.8, 4) is 0 Å². The third-order valence-corrected chi connectivity index (χ3v) is 3.24. The molecule has 0 unspecified atom stereocenters. The summed E-state index contributed by atoms with van der Waals surface area (Å²) in [5.74, 6) is -0.387. The van der Waals surface area contributed by atoms with E-state index in [1.54, 1.807) is 52.0 Å². The number of hydrogen-bond acceptors (Lipinski definition) is 5. The Balaban J connectivity index is 2.99. The lowest BCUT2D eigenvalue weighted by Crippen LogP contribution is -2.54. The van der Waals surface area contributed by atoms with Gasteiger partial charge in [-0.15, -0.1) is 0 Å². The number of ketones is 1. The predicted molar refractivity (Wildman–Crippen MR) is 93.5 cm³/mol. The fourth-order valence-electron chi connectivity index (χ4n) is 1.87. The number of halogens is 1. The fraction of sp³-hybridized carbons (Fsp3) is 0.471. The van der Waals surface area contributed by atoms with Crippen LogP contribution in [0, 0.1) is 0 Å². The molecule has 0 aliphatic carbocycles. The molecule has 1 aromatic rings. The quantitative estimate of drug-likeness (QED) is 0.629. The molecule has 1 atom stereocenters. The van der Waals surface area contributed by atoms with Crippen LogP contribution in [0.15, 0.2) is 24.3 Å². The average Bonchev–Trinajstić information content (AvgIpc) is 2.50. The highest BCUT2D eigenvalue weighted by atomic mass is 35.5. The van der Waals surface area contributed by atoms with E-state index in [4.69, 9.17) is 21.1 Å². The van der Waals surface area contributed by atoms with Crippen LogP contribution in [0.1, 0.15) is 45.0 Å². The number of nitrogens with one attached hydrogen (secondary N) is 1. The first-order valence-corrected chi connectivity index (χ1v) is 8.26. The second kappa shape index (κ2) is 9.27. The second-order valence-corrected chi connectivity index (χ2v) is 6.35. The number of rotatable bonds is 5. The number of hydrazine groups is 1. The smallest absolute Gasteiger partial charge is 0.429 e. The molecule has 0 spiro atoms. The Hall–Kier alpha value is -2.28. The van der Waals surface area contributed by atoms with Crippen LogP contribution in [0.4, 0.5) is 9.59 Å². The van der Waals surface area contributed by atoms with Crippen LogP contribution in [-0.4, -0.2) is 41.2 Å². The Bertz CT molecular complexity index is 616. The van der Waals surface area contributed by atoms with E-state index in [-0.39, 0.29) is 11.9 Å². The summed E-state index contributed by atoms with van der Waals surface area (Å²) in [6.45, 7) is 8.13. The van der Waals surface area contributed by atoms with Gasteiger partial charge >= 0.3 is 12.2 Å². The number of ether oxygens (including phenoxy) is 2. The highest BCUT2D eigenvalue weighted by Crippen LogP contribution is 2.14. The van der Waals surface area contributed by atoms with Gasteiger partial charge in [0.05, 0.1) is 12.2 Å². The third-order valence-electron chi connectivity index (χ3n) is 2.98. The Labute approximate surface area is 152 Å². The van der Waals surface area contributed by atoms with Crippen LogP contribution in [0.25, 0.3) is 0 Å². The zero-order valence-electron chi connectivity index (χ0n) is 14.9. The first-order valence-electron chi connectivity index (χ1n) is 7.88. The molecule has 1 N–H and O–H groups in total. The van der Waals surface area contributed by atoms with E-state index >= 15 is 0 Å². The van der Waals surface area contributed by atoms with Gasteiger partial charge in [0.1, 0.15) is 6.04 Å². The molecule has 0 heterocycles. The molecule has 0 aliphatic heterocycles. The number of hydrogen-bond donors (Lipinski definition) is 1. The first kappa shape index (κ1) is 20.8. The number of nitrogens with zero attached hydrogens (tertiary/aromatic N) is 1. The Morgan fingerprint density at radius 1 is 0.960 bits per heavy atom. The topological polar surface area (TPSA) is 84.9 Å². The summed E-state index contributed by atoms with van der Waals surface area (Å²) in [5.41, 5.74) is 2.61. The molecule has 138 valence electrons. The van der Waals surface area contributed by atoms with E-state index in [2.05, 4.69) is 5.43 Å². The van der Waals surface area contributed by atoms with E-state index in [0.29, 0.717) is 10.6 Å². The molecule has 2 amide bonds. The summed E-state index contributed by atoms with van der Waals surface area (Å²) >= 11 is 5.81. The highest BCUT2D eigenvalue weighted by Gasteiger charge is 2.30. The van der Waals surface area contributed by atoms with E-state index < -0.39 is 24.3 Å². The minimum atomic E-state index is -1.01. The van der Waals surface area contributed by atoms with Crippen molar-refractivity contribution in [3.63, 3.8) is 0 Å². The number of amides is 2. The molecule has 8 heteroatoms. The maximum absolute atomic E-state index is 12.6. The van der Waals surface area contributed by atoms with Crippen molar-refractivity contribution < 1.29 is 23.9 Å². The zero-order chi connectivity index (χ0) is 19.1. The molecular weight excluding hydrogens is 348 g/mol. The van der Waals surface area contributed by atoms with Gasteiger partial charge in [0.2, 0.25) is 0 Å². The first-order chi connectivity index (χ1) is 11.6. The molecule has 1 aromatic carbocycles. The van der Waals surface area contributed by atoms with Gasteiger partial charge in [-0.05, 0) is 58.9 Å². The van der Waals surface area contributed by atoms with Crippen molar-refractivity contribution in [1.29, 1.82) is 0 Å². The molecule has 0 radical (unpaired) electrons. The van der Waals surface area contributed by atoms with Crippen molar-refractivity contribution in [1.82, 2.24) is 10.4 Å². The molecule has 1 rings (SSSR count). The average molecular weight is 371 g/mol. The molecule has 0 saturated heterocycles. The van der Waals surface area contributed by atoms with Crippen LogP contribution < -0.4 is 5.43 Å². The van der Waals surface area contributed by atoms with Gasteiger partial charge in [-0.3, -0.25) is 4.79 Å². The van der Waals surface area contributed by atoms with Crippen molar-refractivity contribution in [2.24, 2.45) is 0 Å². The van der Waals surface area contributed by atoms with Gasteiger partial charge in [0.15, 0.2) is 5.78 Å². The normalized spacial score (nSPS) is 11.8. The van der Waals surface area contributed by atoms with Gasteiger partial charge in [0, 0.05) is 10.6 Å². The Kier molecular flexibility index (Phi) is 7.70. The minimum absolute atomic E-state index is 0.346. The second-order valence-electron chi connectivity index (χ2n) is 5.92. The molecule has 25 heavy (non-hydrogen) atoms. The van der Waals surface area contributed by atoms with Gasteiger partial charge in [-0.2, -0.15) is 0 Å². The lowest BCUT2D eigenvalue weighted by Gasteiger charge is -2.28. The van der Waals surface area contributed by atoms with Crippen molar-refractivity contribution >= 4 is 29.6 Å². The third kappa shape index (κ3) is 6.62. The predicted octanol–water partition coefficient (Wildman–Crippen LogP) is 3.81. The summed E-state index contributed by atoms with van der Waals surface area (Å²) in [4.78, 5) is 36.7. The lowest BCUT2D eigenvalue weighted by atomic mass is 10.1. The number of carbonyl (C=O) groups is 3. The van der Waals surface area contributed by atoms with E-state index in [1.165, 1.54) is 6.92 Å². The Morgan fingerprint density at radius 2 is 1.48 bits per heavy atom. The van der Waals surface area contributed by atoms with Crippen LogP contribution >= 0.6 is 11.6 Å². The van der Waals surface area contributed by atoms with Gasteiger partial charge in [-0.25, -0.2) is 20.0 Å². The molecular formula is C17H23ClN2O5. The van der Waals surface area contributed by atoms with Crippen molar-refractivity contribution in [2.45, 2.75) is 52.9 Å². The van der Waals surface area contributed by atoms with Gasteiger partial charge in [-0.1, -0.05) is 11.6 Å².